The molecule has 0 heterocycles. The van der Waals surface area contributed by atoms with E-state index in [9.17, 15) is 13.2 Å². The Kier molecular flexibility index (Phi) is 3.99. The minimum absolute atomic E-state index is 0.240. The predicted octanol–water partition coefficient (Wildman–Crippen LogP) is 3.12. The Morgan fingerprint density at radius 1 is 1.33 bits per heavy atom. The molecule has 1 rings (SSSR count). The van der Waals surface area contributed by atoms with Crippen molar-refractivity contribution in [1.82, 2.24) is 5.32 Å². The van der Waals surface area contributed by atoms with Crippen LogP contribution in [0.3, 0.4) is 0 Å². The van der Waals surface area contributed by atoms with Crippen molar-refractivity contribution in [3.63, 3.8) is 0 Å². The summed E-state index contributed by atoms with van der Waals surface area (Å²) in [4.78, 5) is 0. The number of hydrogen-bond acceptors (Lipinski definition) is 1. The monoisotopic (exact) mass is 237 g/mol. The van der Waals surface area contributed by atoms with E-state index >= 15 is 0 Å². The van der Waals surface area contributed by atoms with Crippen LogP contribution in [0, 0.1) is 0 Å². The molecular weight excluding hydrogens is 227 g/mol. The minimum atomic E-state index is -4.38. The Hall–Kier alpha value is -0.740. The van der Waals surface area contributed by atoms with Crippen LogP contribution in [-0.4, -0.2) is 13.6 Å². The zero-order valence-corrected chi connectivity index (χ0v) is 8.91. The van der Waals surface area contributed by atoms with Crippen molar-refractivity contribution in [3.8, 4) is 0 Å². The molecular formula is C10H11ClF3N. The lowest BCUT2D eigenvalue weighted by molar-refractivity contribution is -0.137. The van der Waals surface area contributed by atoms with Crippen molar-refractivity contribution in [3.05, 3.63) is 34.3 Å². The van der Waals surface area contributed by atoms with Crippen LogP contribution in [0.5, 0.6) is 0 Å². The number of nitrogens with one attached hydrogen (secondary N) is 1. The van der Waals surface area contributed by atoms with Crippen molar-refractivity contribution in [2.24, 2.45) is 0 Å². The summed E-state index contributed by atoms with van der Waals surface area (Å²) < 4.78 is 37.0. The van der Waals surface area contributed by atoms with Crippen LogP contribution in [0.2, 0.25) is 5.02 Å². The van der Waals surface area contributed by atoms with Gasteiger partial charge in [0.2, 0.25) is 0 Å². The molecule has 0 bridgehead atoms. The van der Waals surface area contributed by atoms with E-state index in [0.717, 1.165) is 11.6 Å². The van der Waals surface area contributed by atoms with E-state index in [2.05, 4.69) is 5.32 Å². The zero-order valence-electron chi connectivity index (χ0n) is 8.16. The largest absolute Gasteiger partial charge is 0.417 e. The van der Waals surface area contributed by atoms with Gasteiger partial charge in [-0.2, -0.15) is 13.2 Å². The van der Waals surface area contributed by atoms with Crippen LogP contribution in [0.25, 0.3) is 0 Å². The molecule has 0 fully saturated rings. The summed E-state index contributed by atoms with van der Waals surface area (Å²) in [6.07, 6.45) is -3.72. The lowest BCUT2D eigenvalue weighted by atomic mass is 10.1. The molecule has 1 aromatic rings. The van der Waals surface area contributed by atoms with Gasteiger partial charge in [0.25, 0.3) is 0 Å². The van der Waals surface area contributed by atoms with Gasteiger partial charge in [0.1, 0.15) is 0 Å². The first-order chi connectivity index (χ1) is 6.95. The van der Waals surface area contributed by atoms with E-state index < -0.39 is 11.7 Å². The van der Waals surface area contributed by atoms with Crippen molar-refractivity contribution in [2.45, 2.75) is 12.6 Å². The molecule has 0 aliphatic heterocycles. The molecule has 0 saturated carbocycles. The second-order valence-electron chi connectivity index (χ2n) is 3.17. The van der Waals surface area contributed by atoms with Crippen molar-refractivity contribution in [2.75, 3.05) is 13.6 Å². The fourth-order valence-corrected chi connectivity index (χ4v) is 1.52. The lowest BCUT2D eigenvalue weighted by Crippen LogP contribution is -2.11. The zero-order chi connectivity index (χ0) is 11.5. The third kappa shape index (κ3) is 3.39. The maximum Gasteiger partial charge on any atom is 0.417 e. The molecule has 0 unspecified atom stereocenters. The average Bonchev–Trinajstić information content (AvgIpc) is 2.12. The highest BCUT2D eigenvalue weighted by Crippen LogP contribution is 2.34. The normalized spacial score (nSPS) is 11.8. The minimum Gasteiger partial charge on any atom is -0.319 e. The predicted molar refractivity (Wildman–Crippen MR) is 54.1 cm³/mol. The Bertz CT molecular complexity index is 336. The van der Waals surface area contributed by atoms with Crippen LogP contribution in [-0.2, 0) is 12.6 Å². The van der Waals surface area contributed by atoms with Crippen LogP contribution in [0.1, 0.15) is 11.1 Å². The first-order valence-corrected chi connectivity index (χ1v) is 4.83. The summed E-state index contributed by atoms with van der Waals surface area (Å²) in [5, 5.41) is 2.68. The van der Waals surface area contributed by atoms with Crippen LogP contribution in [0.15, 0.2) is 18.2 Å². The first kappa shape index (κ1) is 12.3. The summed E-state index contributed by atoms with van der Waals surface area (Å²) in [7, 11) is 1.78. The van der Waals surface area contributed by atoms with Gasteiger partial charge in [0.05, 0.1) is 10.6 Å². The van der Waals surface area contributed by atoms with Gasteiger partial charge < -0.3 is 5.32 Å². The third-order valence-corrected chi connectivity index (χ3v) is 2.32. The molecule has 0 atom stereocenters. The fourth-order valence-electron chi connectivity index (χ4n) is 1.21. The van der Waals surface area contributed by atoms with E-state index in [4.69, 9.17) is 11.6 Å². The van der Waals surface area contributed by atoms with Gasteiger partial charge in [-0.25, -0.2) is 0 Å². The molecule has 1 aromatic carbocycles. The molecule has 5 heteroatoms. The van der Waals surface area contributed by atoms with Crippen molar-refractivity contribution >= 4 is 11.6 Å². The molecule has 0 radical (unpaired) electrons. The molecule has 0 spiro atoms. The SMILES string of the molecule is CNCCc1ccc(C(F)(F)F)c(Cl)c1. The van der Waals surface area contributed by atoms with Gasteiger partial charge in [0.15, 0.2) is 0 Å². The third-order valence-electron chi connectivity index (χ3n) is 2.00. The summed E-state index contributed by atoms with van der Waals surface area (Å²) >= 11 is 5.55. The Morgan fingerprint density at radius 3 is 2.47 bits per heavy atom. The van der Waals surface area contributed by atoms with Gasteiger partial charge in [-0.15, -0.1) is 0 Å². The fraction of sp³-hybridized carbons (Fsp3) is 0.400. The molecule has 84 valence electrons. The summed E-state index contributed by atoms with van der Waals surface area (Å²) in [5.41, 5.74) is 0.0136. The van der Waals surface area contributed by atoms with Gasteiger partial charge in [-0.05, 0) is 37.7 Å². The maximum absolute atomic E-state index is 12.3. The average molecular weight is 238 g/mol. The van der Waals surface area contributed by atoms with Gasteiger partial charge in [0, 0.05) is 0 Å². The molecule has 0 saturated heterocycles. The smallest absolute Gasteiger partial charge is 0.319 e. The maximum atomic E-state index is 12.3. The van der Waals surface area contributed by atoms with Gasteiger partial charge in [-0.3, -0.25) is 0 Å². The van der Waals surface area contributed by atoms with E-state index in [0.29, 0.717) is 13.0 Å². The number of hydrogen-bond donors (Lipinski definition) is 1. The van der Waals surface area contributed by atoms with Crippen LogP contribution < -0.4 is 5.32 Å². The summed E-state index contributed by atoms with van der Waals surface area (Å²) in [6.45, 7) is 0.710. The number of benzene rings is 1. The quantitative estimate of drug-likeness (QED) is 0.852. The Labute approximate surface area is 91.2 Å². The number of alkyl halides is 3. The second-order valence-corrected chi connectivity index (χ2v) is 3.57. The van der Waals surface area contributed by atoms with Gasteiger partial charge in [-0.1, -0.05) is 17.7 Å². The van der Waals surface area contributed by atoms with E-state index in [-0.39, 0.29) is 5.02 Å². The molecule has 15 heavy (non-hydrogen) atoms. The van der Waals surface area contributed by atoms with E-state index in [1.807, 2.05) is 0 Å². The second kappa shape index (κ2) is 4.86. The number of likely N-dealkylation sites (N-methyl/N-ethyl adjacent to an activating group) is 1. The van der Waals surface area contributed by atoms with Crippen LogP contribution >= 0.6 is 11.6 Å². The van der Waals surface area contributed by atoms with E-state index in [1.165, 1.54) is 12.1 Å². The molecule has 0 aliphatic carbocycles. The topological polar surface area (TPSA) is 12.0 Å². The molecule has 0 aromatic heterocycles. The van der Waals surface area contributed by atoms with E-state index in [1.54, 1.807) is 7.05 Å². The standard InChI is InChI=1S/C10H11ClF3N/c1-15-5-4-7-2-3-8(9(11)6-7)10(12,13)14/h2-3,6,15H,4-5H2,1H3. The highest BCUT2D eigenvalue weighted by molar-refractivity contribution is 6.31. The Balaban J connectivity index is 2.89. The highest BCUT2D eigenvalue weighted by Gasteiger charge is 2.32. The molecule has 0 amide bonds. The number of rotatable bonds is 3. The molecule has 1 nitrogen and oxygen atoms in total. The van der Waals surface area contributed by atoms with Crippen molar-refractivity contribution < 1.29 is 13.2 Å². The lowest BCUT2D eigenvalue weighted by Gasteiger charge is -2.10. The van der Waals surface area contributed by atoms with Gasteiger partial charge >= 0.3 is 6.18 Å². The highest BCUT2D eigenvalue weighted by atomic mass is 35.5. The molecule has 1 N–H and O–H groups in total. The Morgan fingerprint density at radius 2 is 2.00 bits per heavy atom. The summed E-state index contributed by atoms with van der Waals surface area (Å²) in [5.74, 6) is 0. The summed E-state index contributed by atoms with van der Waals surface area (Å²) in [6, 6.07) is 3.83. The molecule has 0 aliphatic rings. The number of halogens is 4. The van der Waals surface area contributed by atoms with Crippen molar-refractivity contribution in [1.29, 1.82) is 0 Å². The van der Waals surface area contributed by atoms with Crippen LogP contribution in [0.4, 0.5) is 13.2 Å². The first-order valence-electron chi connectivity index (χ1n) is 4.45.